The fraction of sp³-hybridized carbons (Fsp3) is 0.0227. The zero-order valence-electron chi connectivity index (χ0n) is 26.1. The van der Waals surface area contributed by atoms with E-state index in [-0.39, 0.29) is 0 Å². The van der Waals surface area contributed by atoms with E-state index in [0.717, 1.165) is 66.5 Å². The quantitative estimate of drug-likeness (QED) is 0.199. The second-order valence-electron chi connectivity index (χ2n) is 12.5. The van der Waals surface area contributed by atoms with Crippen molar-refractivity contribution in [2.75, 3.05) is 0 Å². The van der Waals surface area contributed by atoms with Gasteiger partial charge in [0.2, 0.25) is 0 Å². The lowest BCUT2D eigenvalue weighted by molar-refractivity contribution is 0.669. The van der Waals surface area contributed by atoms with E-state index >= 15 is 0 Å². The first-order chi connectivity index (χ1) is 23.7. The first-order valence-corrected chi connectivity index (χ1v) is 16.2. The van der Waals surface area contributed by atoms with E-state index in [2.05, 4.69) is 143 Å². The molecule has 3 aromatic heterocycles. The van der Waals surface area contributed by atoms with Crippen molar-refractivity contribution in [3.8, 4) is 28.6 Å². The molecule has 0 fully saturated rings. The van der Waals surface area contributed by atoms with Crippen molar-refractivity contribution in [3.05, 3.63) is 157 Å². The van der Waals surface area contributed by atoms with Crippen molar-refractivity contribution in [3.63, 3.8) is 0 Å². The van der Waals surface area contributed by atoms with Gasteiger partial charge in [-0.15, -0.1) is 0 Å². The molecule has 10 rings (SSSR count). The highest BCUT2D eigenvalue weighted by Crippen LogP contribution is 2.42. The Morgan fingerprint density at radius 2 is 1.23 bits per heavy atom. The summed E-state index contributed by atoms with van der Waals surface area (Å²) in [5.41, 5.74) is 12.1. The molecule has 0 bridgehead atoms. The van der Waals surface area contributed by atoms with Crippen LogP contribution in [0.2, 0.25) is 0 Å². The van der Waals surface area contributed by atoms with Gasteiger partial charge < -0.3 is 13.6 Å². The molecule has 10 aromatic rings. The second-order valence-corrected chi connectivity index (χ2v) is 12.5. The summed E-state index contributed by atoms with van der Waals surface area (Å²) in [5, 5.41) is 17.4. The van der Waals surface area contributed by atoms with Gasteiger partial charge in [0.1, 0.15) is 17.2 Å². The van der Waals surface area contributed by atoms with Crippen LogP contribution in [-0.4, -0.2) is 9.13 Å². The lowest BCUT2D eigenvalue weighted by Crippen LogP contribution is -2.01. The Balaban J connectivity index is 1.22. The topological polar surface area (TPSA) is 46.8 Å². The van der Waals surface area contributed by atoms with Crippen LogP contribution in [0.25, 0.3) is 88.1 Å². The highest BCUT2D eigenvalue weighted by Gasteiger charge is 2.21. The molecule has 0 atom stereocenters. The summed E-state index contributed by atoms with van der Waals surface area (Å²) in [6.07, 6.45) is 0. The van der Waals surface area contributed by atoms with Crippen LogP contribution < -0.4 is 0 Å². The van der Waals surface area contributed by atoms with Gasteiger partial charge in [0, 0.05) is 38.2 Å². The van der Waals surface area contributed by atoms with E-state index in [0.29, 0.717) is 5.56 Å². The summed E-state index contributed by atoms with van der Waals surface area (Å²) in [6, 6.07) is 53.5. The maximum Gasteiger partial charge on any atom is 0.137 e. The van der Waals surface area contributed by atoms with Crippen LogP contribution in [0.15, 0.2) is 150 Å². The van der Waals surface area contributed by atoms with E-state index in [1.807, 2.05) is 24.3 Å². The summed E-state index contributed by atoms with van der Waals surface area (Å²) >= 11 is 0. The molecule has 4 nitrogen and oxygen atoms in total. The number of furan rings is 1. The van der Waals surface area contributed by atoms with Gasteiger partial charge in [-0.2, -0.15) is 5.26 Å². The highest BCUT2D eigenvalue weighted by atomic mass is 16.3. The van der Waals surface area contributed by atoms with Gasteiger partial charge in [0.05, 0.1) is 38.7 Å². The second kappa shape index (κ2) is 9.96. The number of hydrogen-bond donors (Lipinski definition) is 0. The summed E-state index contributed by atoms with van der Waals surface area (Å²) in [6.45, 7) is 2.12. The van der Waals surface area contributed by atoms with Crippen LogP contribution in [0.4, 0.5) is 0 Å². The average molecular weight is 614 g/mol. The number of aryl methyl sites for hydroxylation is 1. The maximum absolute atomic E-state index is 10.4. The maximum atomic E-state index is 10.4. The van der Waals surface area contributed by atoms with Gasteiger partial charge in [-0.05, 0) is 73.2 Å². The molecule has 0 unspecified atom stereocenters. The zero-order chi connectivity index (χ0) is 31.9. The lowest BCUT2D eigenvalue weighted by atomic mass is 9.99. The molecule has 0 aliphatic carbocycles. The third kappa shape index (κ3) is 3.64. The molecular weight excluding hydrogens is 587 g/mol. The van der Waals surface area contributed by atoms with E-state index in [1.165, 1.54) is 27.1 Å². The van der Waals surface area contributed by atoms with E-state index in [4.69, 9.17) is 4.42 Å². The number of benzene rings is 7. The Bertz CT molecular complexity index is 2960. The molecule has 7 aromatic carbocycles. The minimum absolute atomic E-state index is 0.636. The largest absolute Gasteiger partial charge is 0.456 e. The fourth-order valence-corrected chi connectivity index (χ4v) is 7.76. The van der Waals surface area contributed by atoms with Crippen molar-refractivity contribution in [2.45, 2.75) is 6.92 Å². The van der Waals surface area contributed by atoms with Crippen molar-refractivity contribution >= 4 is 65.6 Å². The van der Waals surface area contributed by atoms with Crippen molar-refractivity contribution in [1.82, 2.24) is 9.13 Å². The third-order valence-corrected chi connectivity index (χ3v) is 9.82. The van der Waals surface area contributed by atoms with Gasteiger partial charge >= 0.3 is 0 Å². The Hall–Kier alpha value is -6.57. The first kappa shape index (κ1) is 26.6. The first-order valence-electron chi connectivity index (χ1n) is 16.2. The smallest absolute Gasteiger partial charge is 0.137 e. The SMILES string of the molecule is Cc1ccc2c(c1)c1ccccc1n2-c1c(C#N)cccc1-c1ccc(-n2c3ccccc3c3ccc4oc5ccccc5c4c32)cc1. The normalized spacial score (nSPS) is 11.8. The molecule has 0 amide bonds. The predicted molar refractivity (Wildman–Crippen MR) is 197 cm³/mol. The van der Waals surface area contributed by atoms with E-state index < -0.39 is 0 Å². The fourth-order valence-electron chi connectivity index (χ4n) is 7.76. The number of fused-ring (bicyclic) bond motifs is 10. The van der Waals surface area contributed by atoms with Crippen molar-refractivity contribution in [1.29, 1.82) is 5.26 Å². The van der Waals surface area contributed by atoms with Gasteiger partial charge in [0.15, 0.2) is 0 Å². The molecule has 0 aliphatic heterocycles. The predicted octanol–water partition coefficient (Wildman–Crippen LogP) is 11.6. The third-order valence-electron chi connectivity index (χ3n) is 9.82. The highest BCUT2D eigenvalue weighted by molar-refractivity contribution is 6.24. The standard InChI is InChI=1S/C44H27N3O/c1-27-17-23-39-36(25-27)33-11-3-6-15-38(33)47(39)43-29(26-45)9-8-13-31(43)28-18-20-30(21-19-28)46-37-14-5-2-10-32(37)34-22-24-41-42(44(34)46)35-12-4-7-16-40(35)48-41/h2-25H,1H3. The van der Waals surface area contributed by atoms with Gasteiger partial charge in [0.25, 0.3) is 0 Å². The number of hydrogen-bond acceptors (Lipinski definition) is 2. The molecule has 48 heavy (non-hydrogen) atoms. The van der Waals surface area contributed by atoms with Gasteiger partial charge in [-0.25, -0.2) is 0 Å². The Kier molecular flexibility index (Phi) is 5.53. The summed E-state index contributed by atoms with van der Waals surface area (Å²) < 4.78 is 10.9. The molecule has 0 N–H and O–H groups in total. The number of rotatable bonds is 3. The Morgan fingerprint density at radius 3 is 2.02 bits per heavy atom. The molecule has 0 radical (unpaired) electrons. The van der Waals surface area contributed by atoms with Crippen LogP contribution in [0.1, 0.15) is 11.1 Å². The minimum atomic E-state index is 0.636. The Morgan fingerprint density at radius 1 is 0.542 bits per heavy atom. The lowest BCUT2D eigenvalue weighted by Gasteiger charge is -2.16. The molecule has 224 valence electrons. The number of nitriles is 1. The monoisotopic (exact) mass is 613 g/mol. The van der Waals surface area contributed by atoms with Crippen LogP contribution in [0.3, 0.4) is 0 Å². The average Bonchev–Trinajstić information content (AvgIpc) is 3.79. The summed E-state index contributed by atoms with van der Waals surface area (Å²) in [4.78, 5) is 0. The molecule has 0 spiro atoms. The van der Waals surface area contributed by atoms with Crippen LogP contribution in [-0.2, 0) is 0 Å². The molecule has 3 heterocycles. The molecule has 0 aliphatic rings. The number of aromatic nitrogens is 2. The van der Waals surface area contributed by atoms with E-state index in [1.54, 1.807) is 0 Å². The summed E-state index contributed by atoms with van der Waals surface area (Å²) in [5.74, 6) is 0. The molecular formula is C44H27N3O. The van der Waals surface area contributed by atoms with Crippen molar-refractivity contribution in [2.24, 2.45) is 0 Å². The molecule has 0 saturated carbocycles. The van der Waals surface area contributed by atoms with E-state index in [9.17, 15) is 5.26 Å². The zero-order valence-corrected chi connectivity index (χ0v) is 26.1. The number of nitrogens with zero attached hydrogens (tertiary/aromatic N) is 3. The Labute approximate surface area is 275 Å². The van der Waals surface area contributed by atoms with Crippen LogP contribution >= 0.6 is 0 Å². The van der Waals surface area contributed by atoms with Gasteiger partial charge in [-0.3, -0.25) is 0 Å². The molecule has 4 heteroatoms. The summed E-state index contributed by atoms with van der Waals surface area (Å²) in [7, 11) is 0. The van der Waals surface area contributed by atoms with Crippen LogP contribution in [0, 0.1) is 18.3 Å². The molecule has 0 saturated heterocycles. The minimum Gasteiger partial charge on any atom is -0.456 e. The van der Waals surface area contributed by atoms with Gasteiger partial charge in [-0.1, -0.05) is 90.5 Å². The van der Waals surface area contributed by atoms with Crippen LogP contribution in [0.5, 0.6) is 0 Å². The number of para-hydroxylation sites is 4. The van der Waals surface area contributed by atoms with Crippen molar-refractivity contribution < 1.29 is 4.42 Å².